The Morgan fingerprint density at radius 1 is 1.33 bits per heavy atom. The lowest BCUT2D eigenvalue weighted by Crippen LogP contribution is -2.33. The molecule has 1 aromatic rings. The highest BCUT2D eigenvalue weighted by atomic mass is 32.2. The summed E-state index contributed by atoms with van der Waals surface area (Å²) in [5.74, 6) is 0.0407. The van der Waals surface area contributed by atoms with Crippen LogP contribution < -0.4 is 10.2 Å². The Morgan fingerprint density at radius 2 is 2.05 bits per heavy atom. The van der Waals surface area contributed by atoms with Gasteiger partial charge in [-0.25, -0.2) is 13.1 Å². The monoisotopic (exact) mass is 312 g/mol. The number of methoxy groups -OCH3 is 1. The van der Waals surface area contributed by atoms with E-state index in [4.69, 9.17) is 9.47 Å². The van der Waals surface area contributed by atoms with Crippen molar-refractivity contribution in [3.8, 4) is 0 Å². The molecular formula is C14H23BNO4S. The Balaban J connectivity index is 2.54. The molecule has 0 amide bonds. The minimum Gasteiger partial charge on any atom is -0.359 e. The number of nitrogens with one attached hydrogen (secondary N) is 1. The van der Waals surface area contributed by atoms with Crippen LogP contribution in [0, 0.1) is 0 Å². The van der Waals surface area contributed by atoms with Gasteiger partial charge in [0, 0.05) is 13.2 Å². The molecule has 0 fully saturated rings. The van der Waals surface area contributed by atoms with Crippen molar-refractivity contribution in [3.05, 3.63) is 29.8 Å². The van der Waals surface area contributed by atoms with Crippen LogP contribution in [0.1, 0.15) is 24.9 Å². The van der Waals surface area contributed by atoms with Crippen molar-refractivity contribution in [1.29, 1.82) is 0 Å². The van der Waals surface area contributed by atoms with Crippen LogP contribution >= 0.6 is 0 Å². The average Bonchev–Trinajstić information content (AvgIpc) is 2.46. The second-order valence-electron chi connectivity index (χ2n) is 4.74. The third kappa shape index (κ3) is 6.61. The molecule has 0 spiro atoms. The van der Waals surface area contributed by atoms with Crippen LogP contribution in [-0.4, -0.2) is 42.0 Å². The number of benzene rings is 1. The van der Waals surface area contributed by atoms with Crippen molar-refractivity contribution in [1.82, 2.24) is 4.72 Å². The number of sulfonamides is 1. The summed E-state index contributed by atoms with van der Waals surface area (Å²) in [6, 6.07) is 7.49. The van der Waals surface area contributed by atoms with Crippen LogP contribution in [0.25, 0.3) is 0 Å². The summed E-state index contributed by atoms with van der Waals surface area (Å²) in [6.07, 6.45) is 0.437. The molecule has 1 radical (unpaired) electrons. The van der Waals surface area contributed by atoms with E-state index in [0.717, 1.165) is 11.0 Å². The minimum absolute atomic E-state index is 0.0407. The first-order valence-corrected chi connectivity index (χ1v) is 8.60. The summed E-state index contributed by atoms with van der Waals surface area (Å²) in [5.41, 5.74) is 2.01. The second kappa shape index (κ2) is 9.20. The quantitative estimate of drug-likeness (QED) is 0.398. The Hall–Kier alpha value is -0.885. The molecule has 1 atom stereocenters. The smallest absolute Gasteiger partial charge is 0.212 e. The molecule has 0 aliphatic carbocycles. The molecule has 21 heavy (non-hydrogen) atoms. The third-order valence-corrected chi connectivity index (χ3v) is 4.57. The summed E-state index contributed by atoms with van der Waals surface area (Å²) >= 11 is 0. The van der Waals surface area contributed by atoms with Gasteiger partial charge in [0.05, 0.1) is 12.4 Å². The van der Waals surface area contributed by atoms with Gasteiger partial charge in [0.2, 0.25) is 10.0 Å². The summed E-state index contributed by atoms with van der Waals surface area (Å²) in [6.45, 7) is 4.33. The van der Waals surface area contributed by atoms with Crippen molar-refractivity contribution >= 4 is 22.8 Å². The van der Waals surface area contributed by atoms with Crippen LogP contribution in [0.5, 0.6) is 0 Å². The lowest BCUT2D eigenvalue weighted by molar-refractivity contribution is -0.0298. The topological polar surface area (TPSA) is 64.6 Å². The molecule has 0 saturated carbocycles. The zero-order chi connectivity index (χ0) is 15.7. The van der Waals surface area contributed by atoms with Gasteiger partial charge in [-0.3, -0.25) is 0 Å². The van der Waals surface area contributed by atoms with Crippen molar-refractivity contribution in [3.63, 3.8) is 0 Å². The Bertz CT molecular complexity index is 521. The van der Waals surface area contributed by atoms with Gasteiger partial charge in [-0.05, 0) is 18.9 Å². The Morgan fingerprint density at radius 3 is 2.71 bits per heavy atom. The van der Waals surface area contributed by atoms with Gasteiger partial charge in [-0.15, -0.1) is 0 Å². The molecule has 0 bridgehead atoms. The maximum atomic E-state index is 12.0. The first-order valence-electron chi connectivity index (χ1n) is 6.95. The molecule has 0 heterocycles. The van der Waals surface area contributed by atoms with Crippen molar-refractivity contribution in [2.45, 2.75) is 26.2 Å². The number of rotatable bonds is 10. The predicted molar refractivity (Wildman–Crippen MR) is 85.5 cm³/mol. The highest BCUT2D eigenvalue weighted by Gasteiger charge is 2.17. The molecule has 1 rings (SSSR count). The van der Waals surface area contributed by atoms with E-state index in [0.29, 0.717) is 13.0 Å². The highest BCUT2D eigenvalue weighted by molar-refractivity contribution is 7.89. The van der Waals surface area contributed by atoms with E-state index in [1.807, 2.05) is 45.3 Å². The number of hydrogen-bond donors (Lipinski definition) is 1. The fraction of sp³-hybridized carbons (Fsp3) is 0.571. The largest absolute Gasteiger partial charge is 0.359 e. The minimum atomic E-state index is -3.33. The van der Waals surface area contributed by atoms with Gasteiger partial charge >= 0.3 is 0 Å². The second-order valence-corrected chi connectivity index (χ2v) is 6.62. The highest BCUT2D eigenvalue weighted by Crippen LogP contribution is 2.11. The third-order valence-electron chi connectivity index (χ3n) is 3.03. The van der Waals surface area contributed by atoms with Gasteiger partial charge in [0.15, 0.2) is 0 Å². The molecule has 0 aliphatic heterocycles. The SMILES string of the molecule is C[B]c1ccccc1[C@@H](C)NS(=O)(=O)CCCOCOC. The van der Waals surface area contributed by atoms with E-state index >= 15 is 0 Å². The summed E-state index contributed by atoms with van der Waals surface area (Å²) in [7, 11) is 0.175. The van der Waals surface area contributed by atoms with Crippen molar-refractivity contribution in [2.75, 3.05) is 26.3 Å². The molecule has 1 aromatic carbocycles. The molecule has 0 saturated heterocycles. The fourth-order valence-electron chi connectivity index (χ4n) is 2.05. The summed E-state index contributed by atoms with van der Waals surface area (Å²) in [5, 5.41) is 0. The fourth-order valence-corrected chi connectivity index (χ4v) is 3.33. The van der Waals surface area contributed by atoms with E-state index in [9.17, 15) is 8.42 Å². The molecule has 1 N–H and O–H groups in total. The average molecular weight is 312 g/mol. The zero-order valence-electron chi connectivity index (χ0n) is 12.8. The van der Waals surface area contributed by atoms with Gasteiger partial charge < -0.3 is 9.47 Å². The molecule has 0 aromatic heterocycles. The molecule has 117 valence electrons. The molecule has 0 aliphatic rings. The standard InChI is InChI=1S/C14H23BNO4S/c1-12(13-7-4-5-8-14(13)15-2)16-21(17,18)10-6-9-20-11-19-3/h4-5,7-8,12,16H,6,9-11H2,1-3H3/t12-/m1/s1. The molecule has 0 unspecified atom stereocenters. The summed E-state index contributed by atoms with van der Waals surface area (Å²) in [4.78, 5) is 0. The van der Waals surface area contributed by atoms with Crippen molar-refractivity contribution < 1.29 is 17.9 Å². The normalized spacial score (nSPS) is 13.1. The molecular weight excluding hydrogens is 289 g/mol. The summed E-state index contributed by atoms with van der Waals surface area (Å²) < 4.78 is 36.6. The first kappa shape index (κ1) is 18.2. The van der Waals surface area contributed by atoms with Gasteiger partial charge in [-0.1, -0.05) is 36.6 Å². The van der Waals surface area contributed by atoms with E-state index in [1.165, 1.54) is 7.11 Å². The van der Waals surface area contributed by atoms with Gasteiger partial charge in [-0.2, -0.15) is 0 Å². The van der Waals surface area contributed by atoms with Crippen LogP contribution in [0.2, 0.25) is 6.82 Å². The van der Waals surface area contributed by atoms with Crippen LogP contribution in [0.15, 0.2) is 24.3 Å². The lowest BCUT2D eigenvalue weighted by Gasteiger charge is -2.17. The van der Waals surface area contributed by atoms with E-state index in [-0.39, 0.29) is 18.6 Å². The van der Waals surface area contributed by atoms with E-state index in [2.05, 4.69) is 4.72 Å². The van der Waals surface area contributed by atoms with Crippen LogP contribution in [-0.2, 0) is 19.5 Å². The number of hydrogen-bond acceptors (Lipinski definition) is 4. The molecule has 7 heteroatoms. The van der Waals surface area contributed by atoms with Gasteiger partial charge in [0.1, 0.15) is 14.1 Å². The predicted octanol–water partition coefficient (Wildman–Crippen LogP) is 1.06. The van der Waals surface area contributed by atoms with Gasteiger partial charge in [0.25, 0.3) is 0 Å². The van der Waals surface area contributed by atoms with E-state index in [1.54, 1.807) is 0 Å². The van der Waals surface area contributed by atoms with E-state index < -0.39 is 10.0 Å². The zero-order valence-corrected chi connectivity index (χ0v) is 13.7. The first-order chi connectivity index (χ1) is 10.00. The van der Waals surface area contributed by atoms with Crippen molar-refractivity contribution in [2.24, 2.45) is 0 Å². The van der Waals surface area contributed by atoms with Crippen LogP contribution in [0.3, 0.4) is 0 Å². The maximum absolute atomic E-state index is 12.0. The lowest BCUT2D eigenvalue weighted by atomic mass is 9.70. The van der Waals surface area contributed by atoms with Crippen LogP contribution in [0.4, 0.5) is 0 Å². The maximum Gasteiger partial charge on any atom is 0.212 e. The Labute approximate surface area is 128 Å². The molecule has 5 nitrogen and oxygen atoms in total. The Kier molecular flexibility index (Phi) is 7.96. The number of ether oxygens (including phenoxy) is 2.